The van der Waals surface area contributed by atoms with Crippen LogP contribution in [0.5, 0.6) is 0 Å². The van der Waals surface area contributed by atoms with Gasteiger partial charge in [0.05, 0.1) is 11.3 Å². The monoisotopic (exact) mass is 300 g/mol. The number of para-hydroxylation sites is 1. The van der Waals surface area contributed by atoms with E-state index in [1.54, 1.807) is 18.2 Å². The summed E-state index contributed by atoms with van der Waals surface area (Å²) in [6.45, 7) is 8.96. The molecule has 114 valence electrons. The minimum Gasteiger partial charge on any atom is -0.478 e. The number of hydrogen-bond acceptors (Lipinski definition) is 3. The van der Waals surface area contributed by atoms with Crippen molar-refractivity contribution in [2.75, 3.05) is 13.1 Å². The molecule has 0 amide bonds. The van der Waals surface area contributed by atoms with Gasteiger partial charge in [0, 0.05) is 25.0 Å². The average Bonchev–Trinajstić information content (AvgIpc) is 2.48. The second-order valence-electron chi connectivity index (χ2n) is 4.87. The van der Waals surface area contributed by atoms with Crippen LogP contribution in [0.15, 0.2) is 49.6 Å². The molecule has 0 radical (unpaired) electrons. The van der Waals surface area contributed by atoms with E-state index in [1.807, 2.05) is 4.90 Å². The number of aromatic nitrogens is 1. The molecule has 0 aliphatic heterocycles. The molecule has 2 rings (SSSR count). The summed E-state index contributed by atoms with van der Waals surface area (Å²) in [7, 11) is 0. The third kappa shape index (κ3) is 3.38. The Labute approximate surface area is 128 Å². The number of halogens is 1. The van der Waals surface area contributed by atoms with Crippen LogP contribution in [0.2, 0.25) is 0 Å². The fourth-order valence-corrected chi connectivity index (χ4v) is 2.32. The van der Waals surface area contributed by atoms with Crippen LogP contribution in [0.25, 0.3) is 10.9 Å². The van der Waals surface area contributed by atoms with E-state index in [0.29, 0.717) is 30.7 Å². The van der Waals surface area contributed by atoms with Crippen molar-refractivity contribution < 1.29 is 14.3 Å². The Morgan fingerprint density at radius 1 is 1.32 bits per heavy atom. The van der Waals surface area contributed by atoms with Crippen molar-refractivity contribution in [2.24, 2.45) is 0 Å². The first-order valence-corrected chi connectivity index (χ1v) is 6.82. The van der Waals surface area contributed by atoms with Crippen molar-refractivity contribution in [3.63, 3.8) is 0 Å². The molecule has 1 heterocycles. The van der Waals surface area contributed by atoms with E-state index in [4.69, 9.17) is 0 Å². The Morgan fingerprint density at radius 3 is 2.59 bits per heavy atom. The smallest absolute Gasteiger partial charge is 0.336 e. The zero-order valence-corrected chi connectivity index (χ0v) is 12.1. The van der Waals surface area contributed by atoms with E-state index in [1.165, 1.54) is 18.2 Å². The number of carboxylic acid groups (broad SMARTS) is 1. The molecule has 0 spiro atoms. The third-order valence-corrected chi connectivity index (χ3v) is 3.23. The Bertz CT molecular complexity index is 718. The third-order valence-electron chi connectivity index (χ3n) is 3.23. The summed E-state index contributed by atoms with van der Waals surface area (Å²) in [4.78, 5) is 17.7. The van der Waals surface area contributed by atoms with Gasteiger partial charge < -0.3 is 5.11 Å². The zero-order chi connectivity index (χ0) is 16.1. The first-order chi connectivity index (χ1) is 10.6. The Balaban J connectivity index is 2.50. The SMILES string of the molecule is C=CCN(CC=C)Cc1cc(C(=O)O)c2cccc(F)c2n1. The normalized spacial score (nSPS) is 10.8. The molecule has 0 aliphatic rings. The van der Waals surface area contributed by atoms with Crippen LogP contribution in [0.3, 0.4) is 0 Å². The summed E-state index contributed by atoms with van der Waals surface area (Å²) in [5.74, 6) is -1.63. The molecule has 0 saturated carbocycles. The van der Waals surface area contributed by atoms with Crippen molar-refractivity contribution in [1.82, 2.24) is 9.88 Å². The van der Waals surface area contributed by atoms with E-state index in [9.17, 15) is 14.3 Å². The highest BCUT2D eigenvalue weighted by Crippen LogP contribution is 2.22. The van der Waals surface area contributed by atoms with Gasteiger partial charge in [0.1, 0.15) is 11.3 Å². The van der Waals surface area contributed by atoms with Crippen LogP contribution in [0.4, 0.5) is 4.39 Å². The number of nitrogens with zero attached hydrogens (tertiary/aromatic N) is 2. The predicted molar refractivity (Wildman–Crippen MR) is 84.3 cm³/mol. The predicted octanol–water partition coefficient (Wildman–Crippen LogP) is 3.25. The fraction of sp³-hybridized carbons (Fsp3) is 0.176. The zero-order valence-electron chi connectivity index (χ0n) is 12.1. The lowest BCUT2D eigenvalue weighted by Crippen LogP contribution is -2.24. The molecule has 2 aromatic rings. The second-order valence-corrected chi connectivity index (χ2v) is 4.87. The second kappa shape index (κ2) is 6.95. The number of pyridine rings is 1. The lowest BCUT2D eigenvalue weighted by molar-refractivity contribution is 0.0698. The maximum absolute atomic E-state index is 13.9. The van der Waals surface area contributed by atoms with E-state index < -0.39 is 11.8 Å². The fourth-order valence-electron chi connectivity index (χ4n) is 2.32. The molecule has 0 unspecified atom stereocenters. The van der Waals surface area contributed by atoms with Crippen molar-refractivity contribution >= 4 is 16.9 Å². The first kappa shape index (κ1) is 15.9. The molecular weight excluding hydrogens is 283 g/mol. The van der Waals surface area contributed by atoms with Crippen LogP contribution in [0, 0.1) is 5.82 Å². The summed E-state index contributed by atoms with van der Waals surface area (Å²) >= 11 is 0. The number of aromatic carboxylic acids is 1. The van der Waals surface area contributed by atoms with Gasteiger partial charge in [0.25, 0.3) is 0 Å². The lowest BCUT2D eigenvalue weighted by Gasteiger charge is -2.18. The van der Waals surface area contributed by atoms with Crippen molar-refractivity contribution in [2.45, 2.75) is 6.54 Å². The summed E-state index contributed by atoms with van der Waals surface area (Å²) in [6.07, 6.45) is 3.48. The number of carbonyl (C=O) groups is 1. The number of rotatable bonds is 7. The number of fused-ring (bicyclic) bond motifs is 1. The minimum atomic E-state index is -1.10. The molecule has 1 aromatic carbocycles. The van der Waals surface area contributed by atoms with Crippen LogP contribution in [-0.4, -0.2) is 34.0 Å². The number of benzene rings is 1. The molecule has 5 heteroatoms. The molecule has 0 bridgehead atoms. The molecule has 0 fully saturated rings. The Kier molecular flexibility index (Phi) is 5.01. The van der Waals surface area contributed by atoms with Gasteiger partial charge in [0.2, 0.25) is 0 Å². The van der Waals surface area contributed by atoms with E-state index >= 15 is 0 Å². The molecule has 22 heavy (non-hydrogen) atoms. The summed E-state index contributed by atoms with van der Waals surface area (Å²) in [5, 5.41) is 9.64. The van der Waals surface area contributed by atoms with Crippen LogP contribution in [0.1, 0.15) is 16.1 Å². The van der Waals surface area contributed by atoms with Crippen LogP contribution in [-0.2, 0) is 6.54 Å². The topological polar surface area (TPSA) is 53.4 Å². The van der Waals surface area contributed by atoms with Crippen molar-refractivity contribution in [3.05, 3.63) is 66.6 Å². The van der Waals surface area contributed by atoms with Crippen LogP contribution < -0.4 is 0 Å². The van der Waals surface area contributed by atoms with Gasteiger partial charge in [-0.2, -0.15) is 0 Å². The van der Waals surface area contributed by atoms with E-state index in [-0.39, 0.29) is 11.1 Å². The van der Waals surface area contributed by atoms with Gasteiger partial charge in [-0.15, -0.1) is 13.2 Å². The molecule has 1 aromatic heterocycles. The van der Waals surface area contributed by atoms with E-state index in [0.717, 1.165) is 0 Å². The molecule has 0 aliphatic carbocycles. The minimum absolute atomic E-state index is 0.0525. The standard InChI is InChI=1S/C17H17FN2O2/c1-3-8-20(9-4-2)11-12-10-14(17(21)22)13-6-5-7-15(18)16(13)19-12/h3-7,10H,1-2,8-9,11H2,(H,21,22). The molecule has 1 N–H and O–H groups in total. The van der Waals surface area contributed by atoms with Gasteiger partial charge in [-0.05, 0) is 12.1 Å². The van der Waals surface area contributed by atoms with Crippen molar-refractivity contribution in [3.8, 4) is 0 Å². The molecule has 0 saturated heterocycles. The van der Waals surface area contributed by atoms with Gasteiger partial charge >= 0.3 is 5.97 Å². The highest BCUT2D eigenvalue weighted by atomic mass is 19.1. The van der Waals surface area contributed by atoms with Gasteiger partial charge in [-0.3, -0.25) is 4.90 Å². The highest BCUT2D eigenvalue weighted by molar-refractivity contribution is 6.02. The quantitative estimate of drug-likeness (QED) is 0.798. The maximum atomic E-state index is 13.9. The first-order valence-electron chi connectivity index (χ1n) is 6.82. The van der Waals surface area contributed by atoms with E-state index in [2.05, 4.69) is 18.1 Å². The number of hydrogen-bond donors (Lipinski definition) is 1. The highest BCUT2D eigenvalue weighted by Gasteiger charge is 2.15. The maximum Gasteiger partial charge on any atom is 0.336 e. The summed E-state index contributed by atoms with van der Waals surface area (Å²) < 4.78 is 13.9. The van der Waals surface area contributed by atoms with Gasteiger partial charge in [-0.1, -0.05) is 24.3 Å². The molecule has 0 atom stereocenters. The Morgan fingerprint density at radius 2 is 2.00 bits per heavy atom. The summed E-state index contributed by atoms with van der Waals surface area (Å²) in [5.41, 5.74) is 0.630. The molecule has 4 nitrogen and oxygen atoms in total. The molecular formula is C17H17FN2O2. The van der Waals surface area contributed by atoms with Gasteiger partial charge in [0.15, 0.2) is 0 Å². The summed E-state index contributed by atoms with van der Waals surface area (Å²) in [6, 6.07) is 5.80. The Hall–Kier alpha value is -2.53. The average molecular weight is 300 g/mol. The van der Waals surface area contributed by atoms with Crippen molar-refractivity contribution in [1.29, 1.82) is 0 Å². The number of carboxylic acids is 1. The van der Waals surface area contributed by atoms with Gasteiger partial charge in [-0.25, -0.2) is 14.2 Å². The van der Waals surface area contributed by atoms with Crippen LogP contribution >= 0.6 is 0 Å². The largest absolute Gasteiger partial charge is 0.478 e. The lowest BCUT2D eigenvalue weighted by atomic mass is 10.1.